The Morgan fingerprint density at radius 3 is 2.76 bits per heavy atom. The van der Waals surface area contributed by atoms with Gasteiger partial charge in [-0.25, -0.2) is 10.0 Å². The van der Waals surface area contributed by atoms with E-state index >= 15 is 0 Å². The predicted octanol–water partition coefficient (Wildman–Crippen LogP) is 2.76. The van der Waals surface area contributed by atoms with Gasteiger partial charge in [-0.1, -0.05) is 13.8 Å². The number of hydrogen-bond donors (Lipinski definition) is 1. The molecule has 4 rings (SSSR count). The van der Waals surface area contributed by atoms with E-state index in [1.165, 1.54) is 5.06 Å². The van der Waals surface area contributed by atoms with Crippen molar-refractivity contribution >= 4 is 11.9 Å². The minimum absolute atomic E-state index is 0.0697. The summed E-state index contributed by atoms with van der Waals surface area (Å²) in [5.74, 6) is -0.639. The second-order valence-electron chi connectivity index (χ2n) is 9.34. The third kappa shape index (κ3) is 5.99. The fourth-order valence-corrected chi connectivity index (χ4v) is 5.17. The predicted molar refractivity (Wildman–Crippen MR) is 133 cm³/mol. The maximum absolute atomic E-state index is 13.3. The van der Waals surface area contributed by atoms with Gasteiger partial charge in [0.15, 0.2) is 11.5 Å². The van der Waals surface area contributed by atoms with Gasteiger partial charge in [0.2, 0.25) is 12.5 Å². The van der Waals surface area contributed by atoms with Gasteiger partial charge in [-0.05, 0) is 37.0 Å². The van der Waals surface area contributed by atoms with Crippen LogP contribution in [0.25, 0.3) is 0 Å². The minimum atomic E-state index is -0.903. The van der Waals surface area contributed by atoms with Crippen LogP contribution in [-0.4, -0.2) is 82.7 Å². The molecule has 1 aromatic carbocycles. The van der Waals surface area contributed by atoms with Crippen LogP contribution in [0.15, 0.2) is 30.9 Å². The first-order valence-corrected chi connectivity index (χ1v) is 12.8. The van der Waals surface area contributed by atoms with Crippen molar-refractivity contribution in [3.63, 3.8) is 0 Å². The van der Waals surface area contributed by atoms with E-state index in [0.29, 0.717) is 49.9 Å². The molecule has 1 fully saturated rings. The molecule has 1 amide bonds. The summed E-state index contributed by atoms with van der Waals surface area (Å²) in [5.41, 5.74) is 0.781. The molecular formula is C26H36N4O7. The molecule has 1 N–H and O–H groups in total. The Kier molecular flexibility index (Phi) is 8.88. The summed E-state index contributed by atoms with van der Waals surface area (Å²) in [5, 5.41) is 11.8. The Morgan fingerprint density at radius 2 is 2.08 bits per heavy atom. The highest BCUT2D eigenvalue weighted by Gasteiger charge is 2.47. The fourth-order valence-electron chi connectivity index (χ4n) is 5.17. The third-order valence-corrected chi connectivity index (χ3v) is 6.88. The summed E-state index contributed by atoms with van der Waals surface area (Å²) in [4.78, 5) is 37.8. The molecule has 0 aliphatic carbocycles. The van der Waals surface area contributed by atoms with E-state index in [9.17, 15) is 14.7 Å². The zero-order valence-electron chi connectivity index (χ0n) is 21.7. The fraction of sp³-hybridized carbons (Fsp3) is 0.577. The van der Waals surface area contributed by atoms with Gasteiger partial charge in [-0.2, -0.15) is 0 Å². The number of rotatable bonds is 13. The van der Waals surface area contributed by atoms with Crippen molar-refractivity contribution in [1.29, 1.82) is 0 Å². The minimum Gasteiger partial charge on any atom is -0.493 e. The van der Waals surface area contributed by atoms with Gasteiger partial charge in [0.1, 0.15) is 0 Å². The molecule has 0 bridgehead atoms. The second-order valence-corrected chi connectivity index (χ2v) is 9.34. The van der Waals surface area contributed by atoms with E-state index in [1.54, 1.807) is 19.6 Å². The van der Waals surface area contributed by atoms with E-state index in [0.717, 1.165) is 18.4 Å². The highest BCUT2D eigenvalue weighted by atomic mass is 16.7. The monoisotopic (exact) mass is 516 g/mol. The van der Waals surface area contributed by atoms with Crippen molar-refractivity contribution in [3.05, 3.63) is 36.4 Å². The smallest absolute Gasteiger partial charge is 0.308 e. The van der Waals surface area contributed by atoms with Crippen molar-refractivity contribution in [2.45, 2.75) is 51.6 Å². The van der Waals surface area contributed by atoms with E-state index in [2.05, 4.69) is 4.98 Å². The SMILES string of the molecule is CCCON(CCC)C(=O)CN1C[C@H](c2cc(OC)c3c(c2)OCO3)C(C(=O)O)[C@@H]1CCn1ccnc1. The quantitative estimate of drug-likeness (QED) is 0.401. The number of carbonyl (C=O) groups excluding carboxylic acids is 1. The average molecular weight is 517 g/mol. The molecule has 1 saturated heterocycles. The molecule has 202 valence electrons. The number of hydroxylamine groups is 2. The molecule has 2 aliphatic rings. The van der Waals surface area contributed by atoms with Crippen LogP contribution in [0.4, 0.5) is 0 Å². The molecule has 3 atom stereocenters. The Bertz CT molecular complexity index is 1060. The first-order valence-electron chi connectivity index (χ1n) is 12.8. The van der Waals surface area contributed by atoms with Crippen LogP contribution < -0.4 is 14.2 Å². The lowest BCUT2D eigenvalue weighted by molar-refractivity contribution is -0.188. The zero-order valence-corrected chi connectivity index (χ0v) is 21.7. The van der Waals surface area contributed by atoms with Crippen LogP contribution in [-0.2, 0) is 21.0 Å². The van der Waals surface area contributed by atoms with Gasteiger partial charge in [0.25, 0.3) is 5.91 Å². The number of likely N-dealkylation sites (tertiary alicyclic amines) is 1. The number of hydrogen-bond acceptors (Lipinski definition) is 8. The Balaban J connectivity index is 1.63. The molecule has 0 saturated carbocycles. The van der Waals surface area contributed by atoms with E-state index in [1.807, 2.05) is 41.6 Å². The summed E-state index contributed by atoms with van der Waals surface area (Å²) in [6, 6.07) is 3.28. The van der Waals surface area contributed by atoms with Gasteiger partial charge in [-0.3, -0.25) is 19.3 Å². The molecule has 1 aromatic heterocycles. The summed E-state index contributed by atoms with van der Waals surface area (Å²) in [7, 11) is 1.54. The maximum atomic E-state index is 13.3. The first kappa shape index (κ1) is 26.7. The topological polar surface area (TPSA) is 116 Å². The number of ether oxygens (including phenoxy) is 3. The van der Waals surface area contributed by atoms with Crippen molar-refractivity contribution in [1.82, 2.24) is 19.5 Å². The number of carboxylic acid groups (broad SMARTS) is 1. The number of carboxylic acids is 1. The number of imidazole rings is 1. The van der Waals surface area contributed by atoms with E-state index in [-0.39, 0.29) is 31.2 Å². The number of amides is 1. The summed E-state index contributed by atoms with van der Waals surface area (Å²) in [6.45, 7) is 6.05. The van der Waals surface area contributed by atoms with Crippen LogP contribution in [0.3, 0.4) is 0 Å². The lowest BCUT2D eigenvalue weighted by atomic mass is 9.84. The standard InChI is InChI=1S/C26H36N4O7/c1-4-8-30(37-11-5-2)23(31)15-29-14-19(18-12-21(34-3)25-22(13-18)35-17-36-25)24(26(32)33)20(29)6-9-28-10-7-27-16-28/h7,10,12-13,16,19-20,24H,4-6,8-9,11,14-15,17H2,1-3H3,(H,32,33)/t19-,20+,24?/m1/s1. The normalized spacial score (nSPS) is 20.8. The molecule has 1 unspecified atom stereocenters. The number of methoxy groups -OCH3 is 1. The highest BCUT2D eigenvalue weighted by molar-refractivity contribution is 5.78. The lowest BCUT2D eigenvalue weighted by Gasteiger charge is -2.29. The van der Waals surface area contributed by atoms with Crippen LogP contribution >= 0.6 is 0 Å². The number of aliphatic carboxylic acids is 1. The summed E-state index contributed by atoms with van der Waals surface area (Å²) in [6.07, 6.45) is 7.35. The van der Waals surface area contributed by atoms with Crippen molar-refractivity contribution < 1.29 is 33.7 Å². The van der Waals surface area contributed by atoms with Crippen molar-refractivity contribution in [2.75, 3.05) is 40.1 Å². The summed E-state index contributed by atoms with van der Waals surface area (Å²) >= 11 is 0. The number of benzene rings is 1. The Labute approximate surface area is 216 Å². The Hall–Kier alpha value is -3.31. The second kappa shape index (κ2) is 12.3. The first-order chi connectivity index (χ1) is 18.0. The summed E-state index contributed by atoms with van der Waals surface area (Å²) < 4.78 is 18.5. The average Bonchev–Trinajstić information content (AvgIpc) is 3.64. The number of aromatic nitrogens is 2. The molecule has 37 heavy (non-hydrogen) atoms. The molecule has 11 heteroatoms. The number of carbonyl (C=O) groups is 2. The largest absolute Gasteiger partial charge is 0.493 e. The van der Waals surface area contributed by atoms with Gasteiger partial charge >= 0.3 is 5.97 Å². The Morgan fingerprint density at radius 1 is 1.24 bits per heavy atom. The zero-order chi connectivity index (χ0) is 26.4. The van der Waals surface area contributed by atoms with Gasteiger partial charge < -0.3 is 23.9 Å². The molecule has 0 spiro atoms. The van der Waals surface area contributed by atoms with E-state index in [4.69, 9.17) is 19.0 Å². The van der Waals surface area contributed by atoms with E-state index < -0.39 is 11.9 Å². The lowest BCUT2D eigenvalue weighted by Crippen LogP contribution is -2.44. The highest BCUT2D eigenvalue weighted by Crippen LogP contribution is 2.47. The molecule has 11 nitrogen and oxygen atoms in total. The molecule has 2 aliphatic heterocycles. The van der Waals surface area contributed by atoms with Crippen molar-refractivity contribution in [2.24, 2.45) is 5.92 Å². The van der Waals surface area contributed by atoms with Gasteiger partial charge in [0.05, 0.1) is 32.5 Å². The van der Waals surface area contributed by atoms with Crippen LogP contribution in [0.2, 0.25) is 0 Å². The molecular weight excluding hydrogens is 480 g/mol. The molecule has 3 heterocycles. The van der Waals surface area contributed by atoms with Crippen LogP contribution in [0.1, 0.15) is 44.6 Å². The maximum Gasteiger partial charge on any atom is 0.308 e. The number of aryl methyl sites for hydroxylation is 1. The van der Waals surface area contributed by atoms with Crippen LogP contribution in [0.5, 0.6) is 17.2 Å². The van der Waals surface area contributed by atoms with Crippen molar-refractivity contribution in [3.8, 4) is 17.2 Å². The van der Waals surface area contributed by atoms with Gasteiger partial charge in [0, 0.05) is 44.0 Å². The van der Waals surface area contributed by atoms with Crippen LogP contribution in [0, 0.1) is 5.92 Å². The number of fused-ring (bicyclic) bond motifs is 1. The third-order valence-electron chi connectivity index (χ3n) is 6.88. The van der Waals surface area contributed by atoms with Gasteiger partial charge in [-0.15, -0.1) is 0 Å². The number of nitrogens with zero attached hydrogens (tertiary/aromatic N) is 4. The molecule has 0 radical (unpaired) electrons. The molecule has 2 aromatic rings.